The number of nitrogens with zero attached hydrogens (tertiary/aromatic N) is 5. The first kappa shape index (κ1) is 22.2. The molecule has 8 nitrogen and oxygen atoms in total. The van der Waals surface area contributed by atoms with Gasteiger partial charge in [-0.05, 0) is 42.8 Å². The van der Waals surface area contributed by atoms with E-state index in [0.717, 1.165) is 40.5 Å². The average Bonchev–Trinajstić information content (AvgIpc) is 3.29. The van der Waals surface area contributed by atoms with E-state index in [1.807, 2.05) is 60.4 Å². The van der Waals surface area contributed by atoms with E-state index < -0.39 is 0 Å². The summed E-state index contributed by atoms with van der Waals surface area (Å²) in [5.74, 6) is 0.842. The molecule has 2 aromatic heterocycles. The Balaban J connectivity index is 1.27. The van der Waals surface area contributed by atoms with Gasteiger partial charge in [0.25, 0.3) is 11.5 Å². The van der Waals surface area contributed by atoms with Crippen molar-refractivity contribution in [1.82, 2.24) is 24.4 Å². The Hall–Kier alpha value is -3.56. The summed E-state index contributed by atoms with van der Waals surface area (Å²) in [6, 6.07) is 16.8. The second-order valence-corrected chi connectivity index (χ2v) is 9.26. The lowest BCUT2D eigenvalue weighted by Gasteiger charge is -2.34. The molecule has 0 unspecified atom stereocenters. The van der Waals surface area contributed by atoms with Crippen molar-refractivity contribution < 1.29 is 9.53 Å². The second-order valence-electron chi connectivity index (χ2n) is 8.30. The zero-order chi connectivity index (χ0) is 23.7. The smallest absolute Gasteiger partial charge is 0.275 e. The fourth-order valence-corrected chi connectivity index (χ4v) is 5.04. The Morgan fingerprint density at radius 3 is 2.50 bits per heavy atom. The SMILES string of the molecule is COc1ccc(-c2nn3c(=O)cc(CN4CCN(C(=O)c5ccccc5C)CC4)nc3s2)cc1. The molecule has 34 heavy (non-hydrogen) atoms. The molecule has 5 rings (SSSR count). The molecule has 0 radical (unpaired) electrons. The summed E-state index contributed by atoms with van der Waals surface area (Å²) in [6.45, 7) is 5.29. The first-order valence-electron chi connectivity index (χ1n) is 11.1. The normalized spacial score (nSPS) is 14.5. The summed E-state index contributed by atoms with van der Waals surface area (Å²) in [5.41, 5.74) is 3.19. The molecule has 0 bridgehead atoms. The number of aryl methyl sites for hydroxylation is 1. The third-order valence-corrected chi connectivity index (χ3v) is 7.01. The van der Waals surface area contributed by atoms with Gasteiger partial charge in [0.15, 0.2) is 0 Å². The largest absolute Gasteiger partial charge is 0.497 e. The highest BCUT2D eigenvalue weighted by Gasteiger charge is 2.23. The van der Waals surface area contributed by atoms with Crippen molar-refractivity contribution in [2.45, 2.75) is 13.5 Å². The maximum absolute atomic E-state index is 12.9. The van der Waals surface area contributed by atoms with Crippen molar-refractivity contribution in [3.05, 3.63) is 81.8 Å². The minimum atomic E-state index is -0.190. The van der Waals surface area contributed by atoms with Gasteiger partial charge < -0.3 is 9.64 Å². The Labute approximate surface area is 201 Å². The summed E-state index contributed by atoms with van der Waals surface area (Å²) in [4.78, 5) is 35.0. The average molecular weight is 476 g/mol. The van der Waals surface area contributed by atoms with Crippen LogP contribution in [0.25, 0.3) is 15.5 Å². The topological polar surface area (TPSA) is 80.0 Å². The lowest BCUT2D eigenvalue weighted by Crippen LogP contribution is -2.48. The van der Waals surface area contributed by atoms with Gasteiger partial charge in [-0.15, -0.1) is 0 Å². The fraction of sp³-hybridized carbons (Fsp3) is 0.280. The van der Waals surface area contributed by atoms with Crippen LogP contribution in [0.4, 0.5) is 0 Å². The molecule has 0 atom stereocenters. The highest BCUT2D eigenvalue weighted by atomic mass is 32.1. The number of hydrogen-bond donors (Lipinski definition) is 0. The second kappa shape index (κ2) is 9.36. The first-order valence-corrected chi connectivity index (χ1v) is 11.9. The van der Waals surface area contributed by atoms with E-state index in [4.69, 9.17) is 9.72 Å². The predicted molar refractivity (Wildman–Crippen MR) is 131 cm³/mol. The standard InChI is InChI=1S/C25H25N5O3S/c1-17-5-3-4-6-21(17)24(32)29-13-11-28(12-14-29)16-19-15-22(31)30-25(26-19)34-23(27-30)18-7-9-20(33-2)10-8-18/h3-10,15H,11-14,16H2,1-2H3. The third kappa shape index (κ3) is 4.44. The maximum Gasteiger partial charge on any atom is 0.275 e. The number of fused-ring (bicyclic) bond motifs is 1. The van der Waals surface area contributed by atoms with Crippen molar-refractivity contribution in [3.8, 4) is 16.3 Å². The van der Waals surface area contributed by atoms with E-state index in [1.54, 1.807) is 13.2 Å². The van der Waals surface area contributed by atoms with E-state index in [9.17, 15) is 9.59 Å². The molecule has 2 aromatic carbocycles. The van der Waals surface area contributed by atoms with Gasteiger partial charge in [0.2, 0.25) is 4.96 Å². The van der Waals surface area contributed by atoms with Gasteiger partial charge in [-0.1, -0.05) is 29.5 Å². The first-order chi connectivity index (χ1) is 16.5. The van der Waals surface area contributed by atoms with Gasteiger partial charge in [0.05, 0.1) is 12.8 Å². The molecule has 0 aliphatic carbocycles. The van der Waals surface area contributed by atoms with Crippen LogP contribution in [0.5, 0.6) is 5.75 Å². The number of piperazine rings is 1. The molecule has 1 saturated heterocycles. The lowest BCUT2D eigenvalue weighted by atomic mass is 10.1. The van der Waals surface area contributed by atoms with Crippen LogP contribution < -0.4 is 10.3 Å². The number of hydrogen-bond acceptors (Lipinski definition) is 7. The zero-order valence-corrected chi connectivity index (χ0v) is 19.9. The molecular formula is C25H25N5O3S. The molecule has 1 aliphatic rings. The Bertz CT molecular complexity index is 1390. The minimum Gasteiger partial charge on any atom is -0.497 e. The quantitative estimate of drug-likeness (QED) is 0.441. The van der Waals surface area contributed by atoms with Gasteiger partial charge >= 0.3 is 0 Å². The molecule has 0 saturated carbocycles. The number of benzene rings is 2. The maximum atomic E-state index is 12.9. The van der Waals surface area contributed by atoms with E-state index in [1.165, 1.54) is 15.9 Å². The van der Waals surface area contributed by atoms with Gasteiger partial charge in [-0.3, -0.25) is 14.5 Å². The van der Waals surface area contributed by atoms with Gasteiger partial charge in [-0.25, -0.2) is 4.98 Å². The number of carbonyl (C=O) groups excluding carboxylic acids is 1. The van der Waals surface area contributed by atoms with E-state index >= 15 is 0 Å². The van der Waals surface area contributed by atoms with Crippen molar-refractivity contribution in [3.63, 3.8) is 0 Å². The monoisotopic (exact) mass is 475 g/mol. The molecule has 9 heteroatoms. The Morgan fingerprint density at radius 2 is 1.79 bits per heavy atom. The predicted octanol–water partition coefficient (Wildman–Crippen LogP) is 3.09. The lowest BCUT2D eigenvalue weighted by molar-refractivity contribution is 0.0626. The van der Waals surface area contributed by atoms with E-state index in [-0.39, 0.29) is 11.5 Å². The number of carbonyl (C=O) groups is 1. The molecule has 174 valence electrons. The molecular weight excluding hydrogens is 450 g/mol. The number of rotatable bonds is 5. The molecule has 1 amide bonds. The summed E-state index contributed by atoms with van der Waals surface area (Å²) in [7, 11) is 1.62. The number of ether oxygens (including phenoxy) is 1. The van der Waals surface area contributed by atoms with Crippen molar-refractivity contribution >= 4 is 22.2 Å². The Kier molecular flexibility index (Phi) is 6.12. The number of amides is 1. The van der Waals surface area contributed by atoms with Crippen LogP contribution in [0.1, 0.15) is 21.6 Å². The van der Waals surface area contributed by atoms with Crippen molar-refractivity contribution in [2.75, 3.05) is 33.3 Å². The fourth-order valence-electron chi connectivity index (χ4n) is 4.11. The van der Waals surface area contributed by atoms with Crippen LogP contribution >= 0.6 is 11.3 Å². The summed E-state index contributed by atoms with van der Waals surface area (Å²) in [6.07, 6.45) is 0. The zero-order valence-electron chi connectivity index (χ0n) is 19.1. The van der Waals surface area contributed by atoms with E-state index in [0.29, 0.717) is 30.3 Å². The summed E-state index contributed by atoms with van der Waals surface area (Å²) >= 11 is 1.39. The highest BCUT2D eigenvalue weighted by Crippen LogP contribution is 2.26. The number of aromatic nitrogens is 3. The summed E-state index contributed by atoms with van der Waals surface area (Å²) in [5, 5.41) is 5.18. The van der Waals surface area contributed by atoms with Gasteiger partial charge in [-0.2, -0.15) is 9.61 Å². The molecule has 3 heterocycles. The van der Waals surface area contributed by atoms with Crippen LogP contribution in [0.2, 0.25) is 0 Å². The van der Waals surface area contributed by atoms with Crippen LogP contribution in [0.3, 0.4) is 0 Å². The summed E-state index contributed by atoms with van der Waals surface area (Å²) < 4.78 is 6.56. The number of methoxy groups -OCH3 is 1. The minimum absolute atomic E-state index is 0.0752. The molecule has 1 aliphatic heterocycles. The van der Waals surface area contributed by atoms with E-state index in [2.05, 4.69) is 10.00 Å². The third-order valence-electron chi connectivity index (χ3n) is 6.06. The van der Waals surface area contributed by atoms with Crippen molar-refractivity contribution in [2.24, 2.45) is 0 Å². The van der Waals surface area contributed by atoms with Crippen molar-refractivity contribution in [1.29, 1.82) is 0 Å². The molecule has 1 fully saturated rings. The molecule has 0 N–H and O–H groups in total. The van der Waals surface area contributed by atoms with Crippen LogP contribution in [0.15, 0.2) is 59.4 Å². The van der Waals surface area contributed by atoms with Crippen LogP contribution in [0, 0.1) is 6.92 Å². The molecule has 4 aromatic rings. The van der Waals surface area contributed by atoms with Crippen LogP contribution in [-0.2, 0) is 6.54 Å². The van der Waals surface area contributed by atoms with Gasteiger partial charge in [0, 0.05) is 49.9 Å². The Morgan fingerprint density at radius 1 is 1.06 bits per heavy atom. The van der Waals surface area contributed by atoms with Gasteiger partial charge in [0.1, 0.15) is 10.8 Å². The highest BCUT2D eigenvalue weighted by molar-refractivity contribution is 7.19. The van der Waals surface area contributed by atoms with Crippen LogP contribution in [-0.4, -0.2) is 63.6 Å². The molecule has 0 spiro atoms.